The van der Waals surface area contributed by atoms with Crippen LogP contribution in [0.15, 0.2) is 0 Å². The summed E-state index contributed by atoms with van der Waals surface area (Å²) >= 11 is 0. The highest BCUT2D eigenvalue weighted by molar-refractivity contribution is 5.77. The van der Waals surface area contributed by atoms with Gasteiger partial charge in [-0.2, -0.15) is 0 Å². The summed E-state index contributed by atoms with van der Waals surface area (Å²) in [5, 5.41) is 3.07. The molecule has 1 rings (SSSR count). The van der Waals surface area contributed by atoms with Crippen LogP contribution in [0.3, 0.4) is 0 Å². The second kappa shape index (κ2) is 4.09. The molecule has 0 saturated heterocycles. The Labute approximate surface area is 80.1 Å². The number of nitrogens with two attached hydrogens (primary N) is 1. The first-order valence-corrected chi connectivity index (χ1v) is 5.08. The lowest BCUT2D eigenvalue weighted by Crippen LogP contribution is -2.45. The van der Waals surface area contributed by atoms with Crippen LogP contribution >= 0.6 is 0 Å². The van der Waals surface area contributed by atoms with E-state index in [1.165, 1.54) is 12.8 Å². The molecule has 0 spiro atoms. The van der Waals surface area contributed by atoms with Gasteiger partial charge in [-0.05, 0) is 26.7 Å². The summed E-state index contributed by atoms with van der Waals surface area (Å²) < 4.78 is 0. The molecule has 0 aromatic carbocycles. The van der Waals surface area contributed by atoms with E-state index < -0.39 is 0 Å². The fourth-order valence-corrected chi connectivity index (χ4v) is 1.96. The standard InChI is InChI=1S/C10H20N2O/c1-8(11)7-9(13)12-10(2)5-3-4-6-10/h8H,3-7,11H2,1-2H3,(H,12,13). The van der Waals surface area contributed by atoms with Crippen molar-refractivity contribution in [3.8, 4) is 0 Å². The van der Waals surface area contributed by atoms with Crippen molar-refractivity contribution < 1.29 is 4.79 Å². The minimum absolute atomic E-state index is 0.0370. The smallest absolute Gasteiger partial charge is 0.221 e. The van der Waals surface area contributed by atoms with Crippen LogP contribution < -0.4 is 11.1 Å². The van der Waals surface area contributed by atoms with Gasteiger partial charge in [0.1, 0.15) is 0 Å². The van der Waals surface area contributed by atoms with E-state index in [4.69, 9.17) is 5.73 Å². The zero-order chi connectivity index (χ0) is 9.90. The van der Waals surface area contributed by atoms with Crippen molar-refractivity contribution in [1.29, 1.82) is 0 Å². The molecule has 0 radical (unpaired) electrons. The Morgan fingerprint density at radius 2 is 2.08 bits per heavy atom. The van der Waals surface area contributed by atoms with Gasteiger partial charge in [0, 0.05) is 18.0 Å². The molecule has 1 aliphatic rings. The van der Waals surface area contributed by atoms with E-state index in [9.17, 15) is 4.79 Å². The maximum atomic E-state index is 11.4. The van der Waals surface area contributed by atoms with Crippen molar-refractivity contribution in [2.24, 2.45) is 5.73 Å². The van der Waals surface area contributed by atoms with Gasteiger partial charge in [0.05, 0.1) is 0 Å². The van der Waals surface area contributed by atoms with Gasteiger partial charge in [-0.3, -0.25) is 4.79 Å². The van der Waals surface area contributed by atoms with Crippen molar-refractivity contribution in [2.75, 3.05) is 0 Å². The van der Waals surface area contributed by atoms with Crippen LogP contribution in [0, 0.1) is 0 Å². The molecule has 0 heterocycles. The molecule has 76 valence electrons. The highest BCUT2D eigenvalue weighted by Gasteiger charge is 2.29. The van der Waals surface area contributed by atoms with Crippen LogP contribution in [0.2, 0.25) is 0 Å². The normalized spacial score (nSPS) is 22.7. The number of carbonyl (C=O) groups excluding carboxylic acids is 1. The zero-order valence-electron chi connectivity index (χ0n) is 8.60. The molecule has 0 aromatic rings. The molecular formula is C10H20N2O. The molecular weight excluding hydrogens is 164 g/mol. The Morgan fingerprint density at radius 3 is 2.54 bits per heavy atom. The molecule has 0 aromatic heterocycles. The van der Waals surface area contributed by atoms with Gasteiger partial charge in [0.15, 0.2) is 0 Å². The first-order chi connectivity index (χ1) is 6.02. The number of hydrogen-bond donors (Lipinski definition) is 2. The average molecular weight is 184 g/mol. The van der Waals surface area contributed by atoms with E-state index in [1.807, 2.05) is 6.92 Å². The number of carbonyl (C=O) groups is 1. The summed E-state index contributed by atoms with van der Waals surface area (Å²) in [5.41, 5.74) is 5.60. The molecule has 13 heavy (non-hydrogen) atoms. The SMILES string of the molecule is CC(N)CC(=O)NC1(C)CCCC1. The summed E-state index contributed by atoms with van der Waals surface area (Å²) in [5.74, 6) is 0.0967. The molecule has 3 heteroatoms. The van der Waals surface area contributed by atoms with Gasteiger partial charge in [-0.15, -0.1) is 0 Å². The van der Waals surface area contributed by atoms with Gasteiger partial charge in [-0.1, -0.05) is 12.8 Å². The first kappa shape index (κ1) is 10.5. The van der Waals surface area contributed by atoms with Crippen LogP contribution in [0.25, 0.3) is 0 Å². The highest BCUT2D eigenvalue weighted by atomic mass is 16.1. The van der Waals surface area contributed by atoms with E-state index in [1.54, 1.807) is 0 Å². The summed E-state index contributed by atoms with van der Waals surface area (Å²) in [6.07, 6.45) is 5.12. The van der Waals surface area contributed by atoms with Crippen molar-refractivity contribution >= 4 is 5.91 Å². The third-order valence-corrected chi connectivity index (χ3v) is 2.66. The molecule has 1 unspecified atom stereocenters. The average Bonchev–Trinajstić information content (AvgIpc) is 2.33. The minimum Gasteiger partial charge on any atom is -0.351 e. The maximum Gasteiger partial charge on any atom is 0.221 e. The summed E-state index contributed by atoms with van der Waals surface area (Å²) in [6.45, 7) is 3.98. The highest BCUT2D eigenvalue weighted by Crippen LogP contribution is 2.28. The maximum absolute atomic E-state index is 11.4. The Hall–Kier alpha value is -0.570. The third kappa shape index (κ3) is 3.35. The second-order valence-corrected chi connectivity index (χ2v) is 4.50. The van der Waals surface area contributed by atoms with Gasteiger partial charge < -0.3 is 11.1 Å². The minimum atomic E-state index is -0.0370. The van der Waals surface area contributed by atoms with E-state index in [0.717, 1.165) is 12.8 Å². The Bertz CT molecular complexity index is 183. The lowest BCUT2D eigenvalue weighted by Gasteiger charge is -2.25. The number of amides is 1. The van der Waals surface area contributed by atoms with Crippen molar-refractivity contribution in [3.05, 3.63) is 0 Å². The van der Waals surface area contributed by atoms with Gasteiger partial charge in [0.2, 0.25) is 5.91 Å². The fraction of sp³-hybridized carbons (Fsp3) is 0.900. The largest absolute Gasteiger partial charge is 0.351 e. The Morgan fingerprint density at radius 1 is 1.54 bits per heavy atom. The fourth-order valence-electron chi connectivity index (χ4n) is 1.96. The topological polar surface area (TPSA) is 55.1 Å². The monoisotopic (exact) mass is 184 g/mol. The number of nitrogens with one attached hydrogen (secondary N) is 1. The lowest BCUT2D eigenvalue weighted by atomic mass is 10.0. The van der Waals surface area contributed by atoms with Gasteiger partial charge in [-0.25, -0.2) is 0 Å². The van der Waals surface area contributed by atoms with Gasteiger partial charge in [0.25, 0.3) is 0 Å². The quantitative estimate of drug-likeness (QED) is 0.692. The molecule has 0 aliphatic heterocycles. The summed E-state index contributed by atoms with van der Waals surface area (Å²) in [4.78, 5) is 11.4. The summed E-state index contributed by atoms with van der Waals surface area (Å²) in [6, 6.07) is -0.0370. The zero-order valence-corrected chi connectivity index (χ0v) is 8.60. The third-order valence-electron chi connectivity index (χ3n) is 2.66. The van der Waals surface area contributed by atoms with Crippen LogP contribution in [0.4, 0.5) is 0 Å². The Balaban J connectivity index is 2.34. The van der Waals surface area contributed by atoms with Crippen LogP contribution in [0.5, 0.6) is 0 Å². The lowest BCUT2D eigenvalue weighted by molar-refractivity contribution is -0.123. The number of hydrogen-bond acceptors (Lipinski definition) is 2. The van der Waals surface area contributed by atoms with Crippen LogP contribution in [0.1, 0.15) is 46.0 Å². The molecule has 3 N–H and O–H groups in total. The molecule has 3 nitrogen and oxygen atoms in total. The molecule has 1 amide bonds. The van der Waals surface area contributed by atoms with Crippen molar-refractivity contribution in [2.45, 2.75) is 57.5 Å². The molecule has 0 bridgehead atoms. The van der Waals surface area contributed by atoms with E-state index in [-0.39, 0.29) is 17.5 Å². The van der Waals surface area contributed by atoms with E-state index >= 15 is 0 Å². The van der Waals surface area contributed by atoms with Crippen molar-refractivity contribution in [1.82, 2.24) is 5.32 Å². The first-order valence-electron chi connectivity index (χ1n) is 5.08. The summed E-state index contributed by atoms with van der Waals surface area (Å²) in [7, 11) is 0. The van der Waals surface area contributed by atoms with Crippen LogP contribution in [-0.4, -0.2) is 17.5 Å². The van der Waals surface area contributed by atoms with Crippen molar-refractivity contribution in [3.63, 3.8) is 0 Å². The number of rotatable bonds is 3. The van der Waals surface area contributed by atoms with E-state index in [0.29, 0.717) is 6.42 Å². The molecule has 1 saturated carbocycles. The Kier molecular flexibility index (Phi) is 3.31. The predicted molar refractivity (Wildman–Crippen MR) is 53.3 cm³/mol. The molecule has 1 fully saturated rings. The molecule has 1 aliphatic carbocycles. The molecule has 1 atom stereocenters. The van der Waals surface area contributed by atoms with Crippen LogP contribution in [-0.2, 0) is 4.79 Å². The second-order valence-electron chi connectivity index (χ2n) is 4.50. The van der Waals surface area contributed by atoms with E-state index in [2.05, 4.69) is 12.2 Å². The predicted octanol–water partition coefficient (Wildman–Crippen LogP) is 1.17. The van der Waals surface area contributed by atoms with Gasteiger partial charge >= 0.3 is 0 Å².